The van der Waals surface area contributed by atoms with Crippen LogP contribution in [0.15, 0.2) is 48.5 Å². The largest absolute Gasteiger partial charge is 0.313 e. The third-order valence-electron chi connectivity index (χ3n) is 4.81. The van der Waals surface area contributed by atoms with Gasteiger partial charge in [0.25, 0.3) is 0 Å². The quantitative estimate of drug-likeness (QED) is 0.838. The predicted octanol–water partition coefficient (Wildman–Crippen LogP) is 4.93. The number of aryl methyl sites for hydroxylation is 2. The molecule has 0 fully saturated rings. The summed E-state index contributed by atoms with van der Waals surface area (Å²) in [5.41, 5.74) is 6.75. The third kappa shape index (κ3) is 4.79. The maximum Gasteiger partial charge on any atom is 0.0535 e. The Kier molecular flexibility index (Phi) is 5.70. The number of pyridine rings is 1. The zero-order valence-corrected chi connectivity index (χ0v) is 15.8. The first kappa shape index (κ1) is 17.9. The summed E-state index contributed by atoms with van der Waals surface area (Å²) in [6.07, 6.45) is 6.72. The van der Waals surface area contributed by atoms with Crippen LogP contribution in [-0.2, 0) is 18.3 Å². The fourth-order valence-corrected chi connectivity index (χ4v) is 3.46. The normalized spacial score (nSPS) is 15.1. The van der Waals surface area contributed by atoms with Crippen LogP contribution in [0.3, 0.4) is 0 Å². The molecule has 0 bridgehead atoms. The highest BCUT2D eigenvalue weighted by Gasteiger charge is 2.22. The van der Waals surface area contributed by atoms with Gasteiger partial charge in [-0.1, -0.05) is 63.2 Å². The number of aromatic nitrogens is 1. The summed E-state index contributed by atoms with van der Waals surface area (Å²) >= 11 is 0. The standard InChI is InChI=1S/C23H30N2/c1-23(2,3)22-21(19-14-16-24-17-15-19)13-12-20(25-22)11-7-10-18-8-5-4-6-9-18/h4-6,8-9,12-14,24H,7,10-11,15-17H2,1-3H3. The molecule has 0 amide bonds. The first-order valence-electron chi connectivity index (χ1n) is 9.48. The lowest BCUT2D eigenvalue weighted by atomic mass is 9.84. The van der Waals surface area contributed by atoms with E-state index < -0.39 is 0 Å². The average molecular weight is 335 g/mol. The van der Waals surface area contributed by atoms with Crippen LogP contribution in [0.1, 0.15) is 56.1 Å². The van der Waals surface area contributed by atoms with Gasteiger partial charge in [-0.15, -0.1) is 0 Å². The van der Waals surface area contributed by atoms with Gasteiger partial charge < -0.3 is 5.32 Å². The van der Waals surface area contributed by atoms with Crippen LogP contribution in [0.5, 0.6) is 0 Å². The fraction of sp³-hybridized carbons (Fsp3) is 0.435. The number of nitrogens with one attached hydrogen (secondary N) is 1. The van der Waals surface area contributed by atoms with Gasteiger partial charge in [-0.05, 0) is 55.0 Å². The van der Waals surface area contributed by atoms with Crippen LogP contribution >= 0.6 is 0 Å². The van der Waals surface area contributed by atoms with Gasteiger partial charge in [0.15, 0.2) is 0 Å². The molecule has 0 aliphatic carbocycles. The van der Waals surface area contributed by atoms with E-state index in [4.69, 9.17) is 4.98 Å². The minimum absolute atomic E-state index is 0.0660. The van der Waals surface area contributed by atoms with E-state index in [1.54, 1.807) is 0 Å². The van der Waals surface area contributed by atoms with E-state index in [9.17, 15) is 0 Å². The van der Waals surface area contributed by atoms with Crippen LogP contribution in [0.4, 0.5) is 0 Å². The second-order valence-corrected chi connectivity index (χ2v) is 7.97. The molecule has 1 aliphatic heterocycles. The maximum absolute atomic E-state index is 5.09. The second-order valence-electron chi connectivity index (χ2n) is 7.97. The lowest BCUT2D eigenvalue weighted by Gasteiger charge is -2.25. The molecule has 0 unspecified atom stereocenters. The molecule has 0 saturated carbocycles. The molecule has 1 aliphatic rings. The summed E-state index contributed by atoms with van der Waals surface area (Å²) in [4.78, 5) is 5.09. The van der Waals surface area contributed by atoms with Crippen molar-refractivity contribution in [1.82, 2.24) is 10.3 Å². The Morgan fingerprint density at radius 1 is 1.00 bits per heavy atom. The first-order valence-corrected chi connectivity index (χ1v) is 9.48. The number of benzene rings is 1. The van der Waals surface area contributed by atoms with Gasteiger partial charge in [0.2, 0.25) is 0 Å². The van der Waals surface area contributed by atoms with Crippen LogP contribution < -0.4 is 5.32 Å². The first-order chi connectivity index (χ1) is 12.0. The summed E-state index contributed by atoms with van der Waals surface area (Å²) in [5.74, 6) is 0. The average Bonchev–Trinajstić information content (AvgIpc) is 2.62. The van der Waals surface area contributed by atoms with E-state index in [-0.39, 0.29) is 5.41 Å². The summed E-state index contributed by atoms with van der Waals surface area (Å²) in [5, 5.41) is 3.40. The van der Waals surface area contributed by atoms with Crippen molar-refractivity contribution >= 4 is 5.57 Å². The van der Waals surface area contributed by atoms with Crippen molar-refractivity contribution < 1.29 is 0 Å². The number of nitrogens with zero attached hydrogens (tertiary/aromatic N) is 1. The van der Waals surface area contributed by atoms with E-state index in [1.807, 2.05) is 0 Å². The maximum atomic E-state index is 5.09. The van der Waals surface area contributed by atoms with Gasteiger partial charge in [0.05, 0.1) is 5.69 Å². The molecule has 0 radical (unpaired) electrons. The smallest absolute Gasteiger partial charge is 0.0535 e. The molecule has 2 heterocycles. The molecule has 132 valence electrons. The Bertz CT molecular complexity index is 724. The lowest BCUT2D eigenvalue weighted by Crippen LogP contribution is -2.23. The Balaban J connectivity index is 1.76. The topological polar surface area (TPSA) is 24.9 Å². The highest BCUT2D eigenvalue weighted by Crippen LogP contribution is 2.31. The van der Waals surface area contributed by atoms with Gasteiger partial charge in [0, 0.05) is 17.7 Å². The highest BCUT2D eigenvalue weighted by atomic mass is 14.9. The van der Waals surface area contributed by atoms with Crippen molar-refractivity contribution in [3.05, 3.63) is 71.1 Å². The Morgan fingerprint density at radius 3 is 2.48 bits per heavy atom. The number of rotatable bonds is 5. The Hall–Kier alpha value is -1.93. The molecule has 0 spiro atoms. The molecule has 2 nitrogen and oxygen atoms in total. The zero-order valence-electron chi connectivity index (χ0n) is 15.8. The van der Waals surface area contributed by atoms with E-state index in [0.717, 1.165) is 38.8 Å². The van der Waals surface area contributed by atoms with Crippen molar-refractivity contribution in [1.29, 1.82) is 0 Å². The van der Waals surface area contributed by atoms with Crippen molar-refractivity contribution in [2.75, 3.05) is 13.1 Å². The van der Waals surface area contributed by atoms with Crippen molar-refractivity contribution in [2.45, 2.75) is 51.9 Å². The summed E-state index contributed by atoms with van der Waals surface area (Å²) in [6.45, 7) is 8.85. The molecule has 1 aromatic heterocycles. The SMILES string of the molecule is CC(C)(C)c1nc(CCCc2ccccc2)ccc1C1=CCNCC1. The fourth-order valence-electron chi connectivity index (χ4n) is 3.46. The molecule has 1 N–H and O–H groups in total. The van der Waals surface area contributed by atoms with E-state index in [1.165, 1.54) is 28.1 Å². The minimum atomic E-state index is 0.0660. The van der Waals surface area contributed by atoms with Gasteiger partial charge in [-0.3, -0.25) is 4.98 Å². The van der Waals surface area contributed by atoms with Crippen molar-refractivity contribution in [3.8, 4) is 0 Å². The van der Waals surface area contributed by atoms with Crippen LogP contribution in [0.25, 0.3) is 5.57 Å². The van der Waals surface area contributed by atoms with Crippen LogP contribution in [-0.4, -0.2) is 18.1 Å². The lowest BCUT2D eigenvalue weighted by molar-refractivity contribution is 0.561. The number of hydrogen-bond donors (Lipinski definition) is 1. The Morgan fingerprint density at radius 2 is 1.80 bits per heavy atom. The zero-order chi connectivity index (χ0) is 17.7. The Labute approximate surface area is 152 Å². The molecular weight excluding hydrogens is 304 g/mol. The highest BCUT2D eigenvalue weighted by molar-refractivity contribution is 5.69. The van der Waals surface area contributed by atoms with Gasteiger partial charge >= 0.3 is 0 Å². The van der Waals surface area contributed by atoms with Gasteiger partial charge in [-0.25, -0.2) is 0 Å². The van der Waals surface area contributed by atoms with E-state index >= 15 is 0 Å². The molecule has 3 rings (SSSR count). The molecular formula is C23H30N2. The molecule has 0 atom stereocenters. The minimum Gasteiger partial charge on any atom is -0.313 e. The molecule has 0 saturated heterocycles. The monoisotopic (exact) mass is 334 g/mol. The molecule has 2 aromatic rings. The van der Waals surface area contributed by atoms with Gasteiger partial charge in [0.1, 0.15) is 0 Å². The summed E-state index contributed by atoms with van der Waals surface area (Å²) in [6, 6.07) is 15.3. The molecule has 2 heteroatoms. The van der Waals surface area contributed by atoms with Gasteiger partial charge in [-0.2, -0.15) is 0 Å². The van der Waals surface area contributed by atoms with Crippen molar-refractivity contribution in [3.63, 3.8) is 0 Å². The summed E-state index contributed by atoms with van der Waals surface area (Å²) < 4.78 is 0. The summed E-state index contributed by atoms with van der Waals surface area (Å²) in [7, 11) is 0. The second kappa shape index (κ2) is 7.97. The van der Waals surface area contributed by atoms with Crippen LogP contribution in [0, 0.1) is 0 Å². The number of hydrogen-bond acceptors (Lipinski definition) is 2. The molecule has 1 aromatic carbocycles. The van der Waals surface area contributed by atoms with Crippen molar-refractivity contribution in [2.24, 2.45) is 0 Å². The third-order valence-corrected chi connectivity index (χ3v) is 4.81. The van der Waals surface area contributed by atoms with E-state index in [0.29, 0.717) is 0 Å². The van der Waals surface area contributed by atoms with Crippen LogP contribution in [0.2, 0.25) is 0 Å². The van der Waals surface area contributed by atoms with E-state index in [2.05, 4.69) is 74.6 Å². The molecule has 25 heavy (non-hydrogen) atoms. The predicted molar refractivity (Wildman–Crippen MR) is 107 cm³/mol.